The van der Waals surface area contributed by atoms with E-state index in [-0.39, 0.29) is 0 Å². The largest absolute Gasteiger partial charge is 0.480 e. The summed E-state index contributed by atoms with van der Waals surface area (Å²) in [6.45, 7) is 3.87. The third-order valence-corrected chi connectivity index (χ3v) is 4.02. The highest BCUT2D eigenvalue weighted by Gasteiger charge is 2.46. The fourth-order valence-electron chi connectivity index (χ4n) is 2.42. The van der Waals surface area contributed by atoms with E-state index in [1.165, 1.54) is 4.90 Å². The zero-order valence-corrected chi connectivity index (χ0v) is 12.2. The Labute approximate surface area is 122 Å². The first kappa shape index (κ1) is 14.7. The number of carboxylic acids is 1. The van der Waals surface area contributed by atoms with Crippen LogP contribution in [-0.2, 0) is 4.79 Å². The molecule has 5 nitrogen and oxygen atoms in total. The standard InChI is InChI=1S/C14H17ClN2O3/c1-9-4-5-10(15)8-11(9)16-13(20)17-7-3-6-14(17,2)12(18)19/h4-5,8H,3,6-7H2,1-2H3,(H,16,20)(H,18,19). The van der Waals surface area contributed by atoms with E-state index in [2.05, 4.69) is 5.32 Å². The molecule has 1 atom stereocenters. The van der Waals surface area contributed by atoms with E-state index in [0.717, 1.165) is 5.56 Å². The Morgan fingerprint density at radius 3 is 2.80 bits per heavy atom. The molecule has 20 heavy (non-hydrogen) atoms. The maximum Gasteiger partial charge on any atom is 0.329 e. The van der Waals surface area contributed by atoms with Gasteiger partial charge in [0.25, 0.3) is 0 Å². The topological polar surface area (TPSA) is 69.6 Å². The Bertz CT molecular complexity index is 561. The SMILES string of the molecule is Cc1ccc(Cl)cc1NC(=O)N1CCCC1(C)C(=O)O. The molecule has 0 bridgehead atoms. The molecule has 2 N–H and O–H groups in total. The monoisotopic (exact) mass is 296 g/mol. The van der Waals surface area contributed by atoms with Crippen LogP contribution >= 0.6 is 11.6 Å². The fourth-order valence-corrected chi connectivity index (χ4v) is 2.59. The Morgan fingerprint density at radius 2 is 2.15 bits per heavy atom. The molecule has 1 aromatic carbocycles. The van der Waals surface area contributed by atoms with Gasteiger partial charge in [-0.05, 0) is 44.4 Å². The van der Waals surface area contributed by atoms with Crippen LogP contribution < -0.4 is 5.32 Å². The summed E-state index contributed by atoms with van der Waals surface area (Å²) in [7, 11) is 0. The van der Waals surface area contributed by atoms with Crippen LogP contribution in [0.2, 0.25) is 5.02 Å². The number of nitrogens with one attached hydrogen (secondary N) is 1. The summed E-state index contributed by atoms with van der Waals surface area (Å²) in [5.41, 5.74) is 0.331. The Kier molecular flexibility index (Phi) is 3.90. The fraction of sp³-hybridized carbons (Fsp3) is 0.429. The van der Waals surface area contributed by atoms with Crippen molar-refractivity contribution >= 4 is 29.3 Å². The van der Waals surface area contributed by atoms with E-state index in [1.54, 1.807) is 25.1 Å². The number of hydrogen-bond donors (Lipinski definition) is 2. The molecule has 108 valence electrons. The maximum atomic E-state index is 12.3. The molecule has 1 fully saturated rings. The second-order valence-corrected chi connectivity index (χ2v) is 5.66. The number of urea groups is 1. The molecule has 1 unspecified atom stereocenters. The first-order valence-electron chi connectivity index (χ1n) is 6.43. The average molecular weight is 297 g/mol. The third kappa shape index (κ3) is 2.58. The van der Waals surface area contributed by atoms with Crippen molar-refractivity contribution in [2.24, 2.45) is 0 Å². The maximum absolute atomic E-state index is 12.3. The van der Waals surface area contributed by atoms with E-state index in [4.69, 9.17) is 11.6 Å². The molecule has 0 spiro atoms. The minimum Gasteiger partial charge on any atom is -0.480 e. The van der Waals surface area contributed by atoms with Gasteiger partial charge in [-0.25, -0.2) is 9.59 Å². The van der Waals surface area contributed by atoms with Crippen molar-refractivity contribution in [3.63, 3.8) is 0 Å². The van der Waals surface area contributed by atoms with Gasteiger partial charge in [-0.15, -0.1) is 0 Å². The van der Waals surface area contributed by atoms with Gasteiger partial charge in [0.1, 0.15) is 5.54 Å². The van der Waals surface area contributed by atoms with Crippen molar-refractivity contribution < 1.29 is 14.7 Å². The van der Waals surface area contributed by atoms with E-state index in [1.807, 2.05) is 6.92 Å². The molecule has 1 aromatic rings. The van der Waals surface area contributed by atoms with Crippen LogP contribution in [0.5, 0.6) is 0 Å². The smallest absolute Gasteiger partial charge is 0.329 e. The predicted octanol–water partition coefficient (Wildman–Crippen LogP) is 3.12. The number of carbonyl (C=O) groups excluding carboxylic acids is 1. The van der Waals surface area contributed by atoms with Crippen molar-refractivity contribution in [2.75, 3.05) is 11.9 Å². The summed E-state index contributed by atoms with van der Waals surface area (Å²) in [6.07, 6.45) is 1.15. The molecular weight excluding hydrogens is 280 g/mol. The van der Waals surface area contributed by atoms with Gasteiger partial charge < -0.3 is 15.3 Å². The van der Waals surface area contributed by atoms with E-state index in [0.29, 0.717) is 30.1 Å². The van der Waals surface area contributed by atoms with Gasteiger partial charge in [-0.1, -0.05) is 17.7 Å². The molecule has 1 aliphatic rings. The summed E-state index contributed by atoms with van der Waals surface area (Å²) >= 11 is 5.91. The number of aliphatic carboxylic acids is 1. The Hall–Kier alpha value is -1.75. The summed E-state index contributed by atoms with van der Waals surface area (Å²) in [6, 6.07) is 4.79. The average Bonchev–Trinajstić information content (AvgIpc) is 2.77. The van der Waals surface area contributed by atoms with Crippen LogP contribution in [-0.4, -0.2) is 34.1 Å². The van der Waals surface area contributed by atoms with Crippen LogP contribution in [0.3, 0.4) is 0 Å². The van der Waals surface area contributed by atoms with Crippen molar-refractivity contribution in [1.29, 1.82) is 0 Å². The number of amides is 2. The highest BCUT2D eigenvalue weighted by Crippen LogP contribution is 2.30. The lowest BCUT2D eigenvalue weighted by Gasteiger charge is -2.31. The van der Waals surface area contributed by atoms with Gasteiger partial charge >= 0.3 is 12.0 Å². The van der Waals surface area contributed by atoms with Crippen LogP contribution in [0.25, 0.3) is 0 Å². The third-order valence-electron chi connectivity index (χ3n) is 3.79. The second-order valence-electron chi connectivity index (χ2n) is 5.22. The minimum atomic E-state index is -1.14. The Morgan fingerprint density at radius 1 is 1.45 bits per heavy atom. The second kappa shape index (κ2) is 5.32. The number of carboxylic acid groups (broad SMARTS) is 1. The number of hydrogen-bond acceptors (Lipinski definition) is 2. The number of anilines is 1. The first-order chi connectivity index (χ1) is 9.34. The molecule has 0 saturated carbocycles. The molecule has 1 heterocycles. The molecule has 0 radical (unpaired) electrons. The summed E-state index contributed by atoms with van der Waals surface area (Å²) in [5.74, 6) is -0.979. The van der Waals surface area contributed by atoms with E-state index >= 15 is 0 Å². The van der Waals surface area contributed by atoms with Gasteiger partial charge in [0.2, 0.25) is 0 Å². The van der Waals surface area contributed by atoms with Crippen LogP contribution in [0, 0.1) is 6.92 Å². The molecular formula is C14H17ClN2O3. The lowest BCUT2D eigenvalue weighted by Crippen LogP contribution is -2.52. The molecule has 2 rings (SSSR count). The lowest BCUT2D eigenvalue weighted by molar-refractivity contribution is -0.146. The number of rotatable bonds is 2. The normalized spacial score (nSPS) is 21.9. The Balaban J connectivity index is 2.20. The van der Waals surface area contributed by atoms with Gasteiger partial charge in [0, 0.05) is 17.3 Å². The van der Waals surface area contributed by atoms with Gasteiger partial charge in [-0.2, -0.15) is 0 Å². The molecule has 6 heteroatoms. The number of carbonyl (C=O) groups is 2. The number of likely N-dealkylation sites (tertiary alicyclic amines) is 1. The van der Waals surface area contributed by atoms with Crippen LogP contribution in [0.1, 0.15) is 25.3 Å². The number of benzene rings is 1. The van der Waals surface area contributed by atoms with Crippen LogP contribution in [0.15, 0.2) is 18.2 Å². The number of halogens is 1. The summed E-state index contributed by atoms with van der Waals surface area (Å²) in [5, 5.41) is 12.6. The highest BCUT2D eigenvalue weighted by atomic mass is 35.5. The van der Waals surface area contributed by atoms with Gasteiger partial charge in [0.05, 0.1) is 0 Å². The number of aryl methyl sites for hydroxylation is 1. The van der Waals surface area contributed by atoms with Crippen molar-refractivity contribution in [1.82, 2.24) is 4.90 Å². The van der Waals surface area contributed by atoms with Crippen molar-refractivity contribution in [3.05, 3.63) is 28.8 Å². The van der Waals surface area contributed by atoms with Gasteiger partial charge in [0.15, 0.2) is 0 Å². The first-order valence-corrected chi connectivity index (χ1v) is 6.80. The molecule has 0 aliphatic carbocycles. The van der Waals surface area contributed by atoms with Crippen molar-refractivity contribution in [3.8, 4) is 0 Å². The quantitative estimate of drug-likeness (QED) is 0.881. The summed E-state index contributed by atoms with van der Waals surface area (Å²) in [4.78, 5) is 25.0. The van der Waals surface area contributed by atoms with Crippen molar-refractivity contribution in [2.45, 2.75) is 32.2 Å². The zero-order valence-electron chi connectivity index (χ0n) is 11.4. The van der Waals surface area contributed by atoms with E-state index < -0.39 is 17.5 Å². The lowest BCUT2D eigenvalue weighted by atomic mass is 10.00. The van der Waals surface area contributed by atoms with E-state index in [9.17, 15) is 14.7 Å². The minimum absolute atomic E-state index is 0.405. The highest BCUT2D eigenvalue weighted by molar-refractivity contribution is 6.31. The molecule has 2 amide bonds. The van der Waals surface area contributed by atoms with Gasteiger partial charge in [-0.3, -0.25) is 0 Å². The van der Waals surface area contributed by atoms with Crippen LogP contribution in [0.4, 0.5) is 10.5 Å². The molecule has 0 aromatic heterocycles. The molecule has 1 saturated heterocycles. The molecule has 1 aliphatic heterocycles. The number of nitrogens with zero attached hydrogens (tertiary/aromatic N) is 1. The zero-order chi connectivity index (χ0) is 14.9. The predicted molar refractivity (Wildman–Crippen MR) is 77.2 cm³/mol. The summed E-state index contributed by atoms with van der Waals surface area (Å²) < 4.78 is 0.